The van der Waals surface area contributed by atoms with Gasteiger partial charge in [-0.3, -0.25) is 0 Å². The van der Waals surface area contributed by atoms with Crippen LogP contribution in [0.25, 0.3) is 5.03 Å². The molecule has 1 nitrogen and oxygen atoms in total. The molecule has 0 spiro atoms. The van der Waals surface area contributed by atoms with E-state index in [0.29, 0.717) is 0 Å². The molecule has 0 N–H and O–H groups in total. The second-order valence-electron chi connectivity index (χ2n) is 4.13. The minimum atomic E-state index is 0.837. The molecule has 0 saturated heterocycles. The number of hydrogen-bond donors (Lipinski definition) is 0. The molecule has 0 amide bonds. The van der Waals surface area contributed by atoms with Crippen molar-refractivity contribution < 1.29 is 4.74 Å². The van der Waals surface area contributed by atoms with Crippen molar-refractivity contribution in [3.63, 3.8) is 0 Å². The predicted molar refractivity (Wildman–Crippen MR) is 75.6 cm³/mol. The fourth-order valence-corrected chi connectivity index (χ4v) is 1.90. The highest BCUT2D eigenvalue weighted by atomic mass is 35.5. The Hall–Kier alpha value is -0.950. The van der Waals surface area contributed by atoms with Gasteiger partial charge in [-0.2, -0.15) is 0 Å². The Morgan fingerprint density at radius 2 is 1.88 bits per heavy atom. The molecular formula is C15H21ClO. The van der Waals surface area contributed by atoms with Gasteiger partial charge in [0.05, 0.1) is 7.11 Å². The van der Waals surface area contributed by atoms with Gasteiger partial charge in [0.25, 0.3) is 0 Å². The third-order valence-corrected chi connectivity index (χ3v) is 3.12. The van der Waals surface area contributed by atoms with E-state index in [0.717, 1.165) is 22.8 Å². The average molecular weight is 253 g/mol. The topological polar surface area (TPSA) is 9.23 Å². The monoisotopic (exact) mass is 252 g/mol. The molecule has 1 aromatic carbocycles. The SMILES string of the molecule is CCCCCC/C=C(/Cl)c1ccc(OC)cc1. The van der Waals surface area contributed by atoms with E-state index in [9.17, 15) is 0 Å². The summed E-state index contributed by atoms with van der Waals surface area (Å²) < 4.78 is 5.11. The molecule has 0 bridgehead atoms. The molecule has 0 aliphatic heterocycles. The molecule has 0 aliphatic rings. The van der Waals surface area contributed by atoms with Gasteiger partial charge in [0, 0.05) is 5.03 Å². The maximum atomic E-state index is 6.23. The third kappa shape index (κ3) is 5.27. The number of ether oxygens (including phenoxy) is 1. The minimum Gasteiger partial charge on any atom is -0.497 e. The van der Waals surface area contributed by atoms with Gasteiger partial charge in [-0.05, 0) is 42.7 Å². The molecule has 1 rings (SSSR count). The summed E-state index contributed by atoms with van der Waals surface area (Å²) in [5, 5.41) is 0.837. The number of allylic oxidation sites excluding steroid dienone is 1. The largest absolute Gasteiger partial charge is 0.497 e. The van der Waals surface area contributed by atoms with Crippen LogP contribution in [-0.4, -0.2) is 7.11 Å². The van der Waals surface area contributed by atoms with Crippen LogP contribution in [0.15, 0.2) is 30.3 Å². The van der Waals surface area contributed by atoms with Crippen LogP contribution in [0.4, 0.5) is 0 Å². The number of hydrogen-bond acceptors (Lipinski definition) is 1. The quantitative estimate of drug-likeness (QED) is 0.603. The van der Waals surface area contributed by atoms with Crippen molar-refractivity contribution in [1.82, 2.24) is 0 Å². The fourth-order valence-electron chi connectivity index (χ4n) is 1.67. The highest BCUT2D eigenvalue weighted by Gasteiger charge is 1.98. The molecule has 0 atom stereocenters. The summed E-state index contributed by atoms with van der Waals surface area (Å²) in [7, 11) is 1.67. The van der Waals surface area contributed by atoms with E-state index in [-0.39, 0.29) is 0 Å². The second kappa shape index (κ2) is 8.19. The Morgan fingerprint density at radius 3 is 2.47 bits per heavy atom. The lowest BCUT2D eigenvalue weighted by atomic mass is 10.1. The van der Waals surface area contributed by atoms with E-state index in [4.69, 9.17) is 16.3 Å². The van der Waals surface area contributed by atoms with Crippen molar-refractivity contribution >= 4 is 16.6 Å². The molecule has 1 aromatic rings. The number of halogens is 1. The lowest BCUT2D eigenvalue weighted by Gasteiger charge is -2.02. The Bertz CT molecular complexity index is 340. The summed E-state index contributed by atoms with van der Waals surface area (Å²) in [4.78, 5) is 0. The third-order valence-electron chi connectivity index (χ3n) is 2.75. The lowest BCUT2D eigenvalue weighted by molar-refractivity contribution is 0.415. The summed E-state index contributed by atoms with van der Waals surface area (Å²) >= 11 is 6.23. The summed E-state index contributed by atoms with van der Waals surface area (Å²) in [6, 6.07) is 7.85. The zero-order valence-electron chi connectivity index (χ0n) is 10.7. The standard InChI is InChI=1S/C15H21ClO/c1-3-4-5-6-7-8-15(16)13-9-11-14(17-2)12-10-13/h8-12H,3-7H2,1-2H3/b15-8+. The molecule has 2 heteroatoms. The first kappa shape index (κ1) is 14.1. The average Bonchev–Trinajstić information content (AvgIpc) is 2.38. The number of benzene rings is 1. The van der Waals surface area contributed by atoms with Crippen LogP contribution in [0, 0.1) is 0 Å². The first-order valence-corrected chi connectivity index (χ1v) is 6.65. The van der Waals surface area contributed by atoms with E-state index in [2.05, 4.69) is 13.0 Å². The van der Waals surface area contributed by atoms with Crippen LogP contribution < -0.4 is 4.74 Å². The van der Waals surface area contributed by atoms with Gasteiger partial charge >= 0.3 is 0 Å². The molecule has 94 valence electrons. The maximum Gasteiger partial charge on any atom is 0.118 e. The molecule has 0 aliphatic carbocycles. The van der Waals surface area contributed by atoms with Crippen molar-refractivity contribution in [2.75, 3.05) is 7.11 Å². The van der Waals surface area contributed by atoms with Gasteiger partial charge in [-0.25, -0.2) is 0 Å². The van der Waals surface area contributed by atoms with E-state index in [1.54, 1.807) is 7.11 Å². The zero-order valence-corrected chi connectivity index (χ0v) is 11.5. The predicted octanol–water partition coefficient (Wildman–Crippen LogP) is 5.25. The highest BCUT2D eigenvalue weighted by Crippen LogP contribution is 2.22. The Labute approximate surface area is 109 Å². The van der Waals surface area contributed by atoms with Crippen molar-refractivity contribution in [3.05, 3.63) is 35.9 Å². The molecule has 0 radical (unpaired) electrons. The van der Waals surface area contributed by atoms with Gasteiger partial charge in [-0.1, -0.05) is 43.9 Å². The number of methoxy groups -OCH3 is 1. The van der Waals surface area contributed by atoms with Crippen molar-refractivity contribution in [1.29, 1.82) is 0 Å². The van der Waals surface area contributed by atoms with E-state index in [1.165, 1.54) is 25.7 Å². The number of rotatable bonds is 7. The van der Waals surface area contributed by atoms with Crippen LogP contribution in [0.5, 0.6) is 5.75 Å². The van der Waals surface area contributed by atoms with Gasteiger partial charge in [0.1, 0.15) is 5.75 Å². The van der Waals surface area contributed by atoms with Crippen LogP contribution in [0.1, 0.15) is 44.6 Å². The summed E-state index contributed by atoms with van der Waals surface area (Å²) in [6.07, 6.45) is 8.27. The van der Waals surface area contributed by atoms with E-state index >= 15 is 0 Å². The van der Waals surface area contributed by atoms with Crippen molar-refractivity contribution in [3.8, 4) is 5.75 Å². The Morgan fingerprint density at radius 1 is 1.18 bits per heavy atom. The van der Waals surface area contributed by atoms with Crippen LogP contribution in [-0.2, 0) is 0 Å². The van der Waals surface area contributed by atoms with Gasteiger partial charge in [0.2, 0.25) is 0 Å². The minimum absolute atomic E-state index is 0.837. The first-order chi connectivity index (χ1) is 8.27. The lowest BCUT2D eigenvalue weighted by Crippen LogP contribution is -1.83. The Kier molecular flexibility index (Phi) is 6.80. The molecule has 17 heavy (non-hydrogen) atoms. The first-order valence-electron chi connectivity index (χ1n) is 6.28. The van der Waals surface area contributed by atoms with Gasteiger partial charge in [-0.15, -0.1) is 0 Å². The summed E-state index contributed by atoms with van der Waals surface area (Å²) in [5.74, 6) is 0.862. The van der Waals surface area contributed by atoms with Gasteiger partial charge in [0.15, 0.2) is 0 Å². The zero-order chi connectivity index (χ0) is 12.5. The molecule has 0 heterocycles. The van der Waals surface area contributed by atoms with E-state index in [1.807, 2.05) is 24.3 Å². The van der Waals surface area contributed by atoms with Crippen molar-refractivity contribution in [2.45, 2.75) is 39.0 Å². The highest BCUT2D eigenvalue weighted by molar-refractivity contribution is 6.48. The molecule has 0 aromatic heterocycles. The van der Waals surface area contributed by atoms with Gasteiger partial charge < -0.3 is 4.74 Å². The molecule has 0 saturated carbocycles. The maximum absolute atomic E-state index is 6.23. The summed E-state index contributed by atoms with van der Waals surface area (Å²) in [6.45, 7) is 2.22. The summed E-state index contributed by atoms with van der Waals surface area (Å²) in [5.41, 5.74) is 1.06. The van der Waals surface area contributed by atoms with E-state index < -0.39 is 0 Å². The normalized spacial score (nSPS) is 11.6. The second-order valence-corrected chi connectivity index (χ2v) is 4.54. The molecular weight excluding hydrogens is 232 g/mol. The number of unbranched alkanes of at least 4 members (excludes halogenated alkanes) is 4. The molecule has 0 fully saturated rings. The smallest absolute Gasteiger partial charge is 0.118 e. The Balaban J connectivity index is 2.44. The van der Waals surface area contributed by atoms with Crippen LogP contribution in [0.2, 0.25) is 0 Å². The molecule has 0 unspecified atom stereocenters. The van der Waals surface area contributed by atoms with Crippen LogP contribution in [0.3, 0.4) is 0 Å². The van der Waals surface area contributed by atoms with Crippen LogP contribution >= 0.6 is 11.6 Å². The fraction of sp³-hybridized carbons (Fsp3) is 0.467. The van der Waals surface area contributed by atoms with Crippen molar-refractivity contribution in [2.24, 2.45) is 0 Å².